The number of nitrogens with zero attached hydrogens (tertiary/aromatic N) is 3. The van der Waals surface area contributed by atoms with Crippen molar-refractivity contribution >= 4 is 17.7 Å². The molecule has 0 unspecified atom stereocenters. The van der Waals surface area contributed by atoms with Crippen molar-refractivity contribution in [3.8, 4) is 17.3 Å². The molecule has 0 aliphatic rings. The molecule has 2 aromatic rings. The van der Waals surface area contributed by atoms with E-state index in [1.807, 2.05) is 31.1 Å². The summed E-state index contributed by atoms with van der Waals surface area (Å²) in [7, 11) is 3.77. The minimum Gasteiger partial charge on any atom is -0.383 e. The van der Waals surface area contributed by atoms with Gasteiger partial charge in [-0.3, -0.25) is 0 Å². The van der Waals surface area contributed by atoms with E-state index in [0.717, 1.165) is 0 Å². The minimum atomic E-state index is 0.381. The van der Waals surface area contributed by atoms with Gasteiger partial charge in [-0.25, -0.2) is 0 Å². The van der Waals surface area contributed by atoms with E-state index in [9.17, 15) is 5.26 Å². The van der Waals surface area contributed by atoms with Crippen molar-refractivity contribution in [3.05, 3.63) is 46.8 Å². The molecule has 5 heteroatoms. The third-order valence-electron chi connectivity index (χ3n) is 2.48. The summed E-state index contributed by atoms with van der Waals surface area (Å²) in [6, 6.07) is 9.33. The molecule has 0 saturated carbocycles. The average Bonchev–Trinajstić information content (AvgIpc) is 2.79. The first-order valence-electron chi connectivity index (χ1n) is 5.62. The predicted molar refractivity (Wildman–Crippen MR) is 74.4 cm³/mol. The maximum atomic E-state index is 9.27. The van der Waals surface area contributed by atoms with Crippen LogP contribution in [0.2, 0.25) is 5.02 Å². The van der Waals surface area contributed by atoms with Crippen molar-refractivity contribution in [1.29, 1.82) is 5.26 Å². The lowest BCUT2D eigenvalue weighted by Gasteiger charge is -2.01. The largest absolute Gasteiger partial charge is 0.383 e. The van der Waals surface area contributed by atoms with Crippen LogP contribution < -0.4 is 0 Å². The van der Waals surface area contributed by atoms with Gasteiger partial charge in [0.2, 0.25) is 0 Å². The first kappa shape index (κ1) is 13.2. The number of aromatic nitrogens is 1. The van der Waals surface area contributed by atoms with Gasteiger partial charge in [0.25, 0.3) is 0 Å². The van der Waals surface area contributed by atoms with E-state index in [2.05, 4.69) is 11.2 Å². The van der Waals surface area contributed by atoms with Crippen LogP contribution in [0, 0.1) is 11.3 Å². The Bertz CT molecular complexity index is 653. The van der Waals surface area contributed by atoms with Crippen LogP contribution in [0.4, 0.5) is 0 Å². The molecule has 19 heavy (non-hydrogen) atoms. The molecule has 1 aromatic heterocycles. The summed E-state index contributed by atoms with van der Waals surface area (Å²) in [4.78, 5) is 1.85. The van der Waals surface area contributed by atoms with E-state index in [1.165, 1.54) is 0 Å². The SMILES string of the molecule is CN(C)C=Cc1onc(-c2ccccc2Cl)c1C#N. The Balaban J connectivity index is 2.50. The molecular weight excluding hydrogens is 262 g/mol. The molecule has 0 amide bonds. The first-order chi connectivity index (χ1) is 9.13. The van der Waals surface area contributed by atoms with E-state index in [-0.39, 0.29) is 0 Å². The van der Waals surface area contributed by atoms with Gasteiger partial charge in [-0.05, 0) is 6.07 Å². The fourth-order valence-corrected chi connectivity index (χ4v) is 1.80. The van der Waals surface area contributed by atoms with Crippen LogP contribution >= 0.6 is 11.6 Å². The van der Waals surface area contributed by atoms with Crippen LogP contribution in [0.5, 0.6) is 0 Å². The highest BCUT2D eigenvalue weighted by atomic mass is 35.5. The molecule has 0 N–H and O–H groups in total. The summed E-state index contributed by atoms with van der Waals surface area (Å²) >= 11 is 6.11. The molecule has 1 heterocycles. The van der Waals surface area contributed by atoms with Crippen LogP contribution in [0.1, 0.15) is 11.3 Å². The predicted octanol–water partition coefficient (Wildman–Crippen LogP) is 3.40. The van der Waals surface area contributed by atoms with Gasteiger partial charge in [0.15, 0.2) is 5.76 Å². The molecule has 0 spiro atoms. The van der Waals surface area contributed by atoms with Crippen molar-refractivity contribution in [2.45, 2.75) is 0 Å². The number of nitriles is 1. The quantitative estimate of drug-likeness (QED) is 0.860. The average molecular weight is 274 g/mol. The number of rotatable bonds is 3. The van der Waals surface area contributed by atoms with E-state index < -0.39 is 0 Å². The Kier molecular flexibility index (Phi) is 3.88. The number of halogens is 1. The molecule has 1 aromatic carbocycles. The Labute approximate surface area is 116 Å². The third kappa shape index (κ3) is 2.78. The second-order valence-corrected chi connectivity index (χ2v) is 4.55. The van der Waals surface area contributed by atoms with Crippen LogP contribution in [0.25, 0.3) is 17.3 Å². The zero-order valence-corrected chi connectivity index (χ0v) is 11.3. The molecule has 0 aliphatic heterocycles. The smallest absolute Gasteiger partial charge is 0.179 e. The van der Waals surface area contributed by atoms with E-state index >= 15 is 0 Å². The van der Waals surface area contributed by atoms with Crippen molar-refractivity contribution in [2.75, 3.05) is 14.1 Å². The Morgan fingerprint density at radius 1 is 1.37 bits per heavy atom. The molecule has 0 atom stereocenters. The molecule has 96 valence electrons. The van der Waals surface area contributed by atoms with Gasteiger partial charge >= 0.3 is 0 Å². The molecule has 0 saturated heterocycles. The molecule has 0 bridgehead atoms. The van der Waals surface area contributed by atoms with Crippen molar-refractivity contribution in [2.24, 2.45) is 0 Å². The lowest BCUT2D eigenvalue weighted by molar-refractivity contribution is 0.414. The highest BCUT2D eigenvalue weighted by Gasteiger charge is 2.17. The van der Waals surface area contributed by atoms with Gasteiger partial charge in [-0.1, -0.05) is 35.0 Å². The summed E-state index contributed by atoms with van der Waals surface area (Å²) in [5.41, 5.74) is 1.53. The lowest BCUT2D eigenvalue weighted by Crippen LogP contribution is -1.99. The Morgan fingerprint density at radius 3 is 2.74 bits per heavy atom. The third-order valence-corrected chi connectivity index (χ3v) is 2.81. The summed E-state index contributed by atoms with van der Waals surface area (Å²) in [6.07, 6.45) is 3.49. The number of hydrogen-bond acceptors (Lipinski definition) is 4. The molecule has 0 aliphatic carbocycles. The van der Waals surface area contributed by atoms with Crippen LogP contribution in [0.3, 0.4) is 0 Å². The zero-order valence-electron chi connectivity index (χ0n) is 10.6. The summed E-state index contributed by atoms with van der Waals surface area (Å²) in [5.74, 6) is 0.422. The fraction of sp³-hybridized carbons (Fsp3) is 0.143. The van der Waals surface area contributed by atoms with Gasteiger partial charge < -0.3 is 9.42 Å². The number of hydrogen-bond donors (Lipinski definition) is 0. The van der Waals surface area contributed by atoms with E-state index in [0.29, 0.717) is 27.6 Å². The highest BCUT2D eigenvalue weighted by Crippen LogP contribution is 2.31. The molecule has 0 radical (unpaired) electrons. The standard InChI is InChI=1S/C14H12ClN3O/c1-18(2)8-7-13-11(9-16)14(17-19-13)10-5-3-4-6-12(10)15/h3-8H,1-2H3. The van der Waals surface area contributed by atoms with Crippen LogP contribution in [0.15, 0.2) is 35.0 Å². The van der Waals surface area contributed by atoms with Gasteiger partial charge in [0, 0.05) is 31.9 Å². The van der Waals surface area contributed by atoms with E-state index in [1.54, 1.807) is 24.4 Å². The van der Waals surface area contributed by atoms with Crippen LogP contribution in [-0.2, 0) is 0 Å². The van der Waals surface area contributed by atoms with Gasteiger partial charge in [-0.15, -0.1) is 0 Å². The maximum Gasteiger partial charge on any atom is 0.179 e. The summed E-state index contributed by atoms with van der Waals surface area (Å²) in [6.45, 7) is 0. The first-order valence-corrected chi connectivity index (χ1v) is 6.00. The minimum absolute atomic E-state index is 0.381. The highest BCUT2D eigenvalue weighted by molar-refractivity contribution is 6.33. The Hall–Kier alpha value is -2.25. The second kappa shape index (κ2) is 5.59. The van der Waals surface area contributed by atoms with E-state index in [4.69, 9.17) is 16.1 Å². The molecule has 2 rings (SSSR count). The Morgan fingerprint density at radius 2 is 2.11 bits per heavy atom. The van der Waals surface area contributed by atoms with Gasteiger partial charge in [-0.2, -0.15) is 5.26 Å². The topological polar surface area (TPSA) is 53.1 Å². The zero-order chi connectivity index (χ0) is 13.8. The summed E-state index contributed by atoms with van der Waals surface area (Å²) in [5, 5.41) is 13.7. The monoisotopic (exact) mass is 273 g/mol. The molecule has 4 nitrogen and oxygen atoms in total. The molecular formula is C14H12ClN3O. The second-order valence-electron chi connectivity index (χ2n) is 4.14. The van der Waals surface area contributed by atoms with Crippen molar-refractivity contribution in [3.63, 3.8) is 0 Å². The molecule has 0 fully saturated rings. The summed E-state index contributed by atoms with van der Waals surface area (Å²) < 4.78 is 5.20. The van der Waals surface area contributed by atoms with Gasteiger partial charge in [0.1, 0.15) is 17.3 Å². The fourth-order valence-electron chi connectivity index (χ4n) is 1.58. The maximum absolute atomic E-state index is 9.27. The van der Waals surface area contributed by atoms with Crippen LogP contribution in [-0.4, -0.2) is 24.2 Å². The van der Waals surface area contributed by atoms with Gasteiger partial charge in [0.05, 0.1) is 5.02 Å². The number of benzene rings is 1. The van der Waals surface area contributed by atoms with Crippen molar-refractivity contribution < 1.29 is 4.52 Å². The van der Waals surface area contributed by atoms with Crippen molar-refractivity contribution in [1.82, 2.24) is 10.1 Å². The lowest BCUT2D eigenvalue weighted by atomic mass is 10.1. The normalized spacial score (nSPS) is 10.6.